The molecule has 17 heteroatoms. The molecule has 2 rings (SSSR count). The van der Waals surface area contributed by atoms with E-state index >= 15 is 0 Å². The van der Waals surface area contributed by atoms with Gasteiger partial charge in [0.25, 0.3) is 20.2 Å². The van der Waals surface area contributed by atoms with Crippen molar-refractivity contribution >= 4 is 42.0 Å². The minimum absolute atomic E-state index is 0. The summed E-state index contributed by atoms with van der Waals surface area (Å²) in [5, 5.41) is 21.9. The molecule has 0 saturated heterocycles. The fraction of sp³-hybridized carbons (Fsp3) is 0. The number of carbonyl (C=O) groups excluding carboxylic acids is 2. The smallest absolute Gasteiger partial charge is 0.545 e. The van der Waals surface area contributed by atoms with Gasteiger partial charge in [0.1, 0.15) is 9.79 Å². The van der Waals surface area contributed by atoms with E-state index in [2.05, 4.69) is 0 Å². The predicted molar refractivity (Wildman–Crippen MR) is 86.6 cm³/mol. The van der Waals surface area contributed by atoms with Crippen LogP contribution in [0.3, 0.4) is 0 Å². The fourth-order valence-corrected chi connectivity index (χ4v) is 5.11. The van der Waals surface area contributed by atoms with Crippen molar-refractivity contribution in [1.82, 2.24) is 0 Å². The summed E-state index contributed by atoms with van der Waals surface area (Å²) < 4.78 is 89.1. The Hall–Kier alpha value is 0.423. The van der Waals surface area contributed by atoms with Gasteiger partial charge < -0.3 is 19.8 Å². The van der Waals surface area contributed by atoms with Crippen LogP contribution >= 0.6 is 0 Å². The molecule has 12 nitrogen and oxygen atoms in total. The predicted octanol–water partition coefficient (Wildman–Crippen LogP) is -8.25. The summed E-state index contributed by atoms with van der Waals surface area (Å²) in [6, 6.07) is 2.88. The van der Waals surface area contributed by atoms with Gasteiger partial charge >= 0.3 is 103 Å². The van der Waals surface area contributed by atoms with E-state index in [9.17, 15) is 45.1 Å². The Morgan fingerprint density at radius 2 is 0.935 bits per heavy atom. The topological polar surface area (TPSA) is 223 Å². The van der Waals surface area contributed by atoms with Gasteiger partial charge in [-0.05, 0) is 24.3 Å². The number of hydrogen-bond donors (Lipinski definition) is 2. The minimum atomic E-state index is -5.20. The van der Waals surface area contributed by atoms with E-state index in [0.717, 1.165) is 0 Å². The normalized spacial score (nSPS) is 11.7. The van der Waals surface area contributed by atoms with Gasteiger partial charge in [-0.3, -0.25) is 9.11 Å². The van der Waals surface area contributed by atoms with Gasteiger partial charge in [-0.15, -0.1) is 0 Å². The summed E-state index contributed by atoms with van der Waals surface area (Å²) in [6.45, 7) is 0. The van der Waals surface area contributed by atoms with E-state index < -0.39 is 72.7 Å². The summed E-state index contributed by atoms with van der Waals surface area (Å²) in [4.78, 5) is 17.5. The zero-order valence-corrected chi connectivity index (χ0v) is 24.4. The van der Waals surface area contributed by atoms with Crippen molar-refractivity contribution in [3.63, 3.8) is 0 Å². The molecular formula is C14H8K2O12S3. The van der Waals surface area contributed by atoms with Gasteiger partial charge in [-0.2, -0.15) is 16.8 Å². The number of aromatic carboxylic acids is 2. The molecule has 31 heavy (non-hydrogen) atoms. The van der Waals surface area contributed by atoms with Crippen LogP contribution in [0.2, 0.25) is 0 Å². The molecule has 0 heterocycles. The van der Waals surface area contributed by atoms with Crippen LogP contribution in [0.1, 0.15) is 20.7 Å². The maximum absolute atomic E-state index is 12.7. The molecule has 0 amide bonds. The first-order valence-corrected chi connectivity index (χ1v) is 11.3. The number of sulfone groups is 1. The summed E-state index contributed by atoms with van der Waals surface area (Å²) in [6.07, 6.45) is 0. The van der Waals surface area contributed by atoms with E-state index in [1.807, 2.05) is 0 Å². The van der Waals surface area contributed by atoms with Crippen LogP contribution in [-0.4, -0.2) is 46.3 Å². The largest absolute Gasteiger partial charge is 1.00 e. The van der Waals surface area contributed by atoms with E-state index in [1.54, 1.807) is 0 Å². The molecule has 2 aromatic carbocycles. The molecule has 0 aliphatic heterocycles. The van der Waals surface area contributed by atoms with Gasteiger partial charge in [0.05, 0.1) is 21.7 Å². The summed E-state index contributed by atoms with van der Waals surface area (Å²) >= 11 is 0. The maximum atomic E-state index is 12.7. The molecule has 0 aromatic heterocycles. The van der Waals surface area contributed by atoms with Crippen molar-refractivity contribution in [2.75, 3.05) is 0 Å². The van der Waals surface area contributed by atoms with Crippen LogP contribution in [-0.2, 0) is 30.1 Å². The van der Waals surface area contributed by atoms with Gasteiger partial charge in [-0.25, -0.2) is 8.42 Å². The second-order valence-corrected chi connectivity index (χ2v) is 10.1. The maximum Gasteiger partial charge on any atom is 1.00 e. The average Bonchev–Trinajstić information content (AvgIpc) is 2.58. The van der Waals surface area contributed by atoms with Crippen LogP contribution in [0.15, 0.2) is 56.0 Å². The first-order valence-electron chi connectivity index (χ1n) is 6.97. The molecule has 2 N–H and O–H groups in total. The molecule has 0 atom stereocenters. The molecular weight excluding hydrogens is 535 g/mol. The molecule has 0 saturated carbocycles. The number of rotatable bonds is 6. The third kappa shape index (κ3) is 7.20. The quantitative estimate of drug-likeness (QED) is 0.256. The standard InChI is InChI=1S/C14H10O12S3.2K/c15-13(16)9-3-1-7(5-11(9)28(21,22)23)27(19,20)8-2-4-10(14(17)18)12(6-8)29(24,25)26;;/h1-6H,(H,15,16)(H,17,18)(H,21,22,23)(H,24,25,26);;/q;2*+1/p-2. The SMILES string of the molecule is O=C([O-])c1ccc(S(=O)(=O)c2ccc(C(=O)[O-])c(S(=O)(=O)O)c2)cc1S(=O)(=O)O.[K+].[K+]. The van der Waals surface area contributed by atoms with Crippen molar-refractivity contribution in [1.29, 1.82) is 0 Å². The van der Waals surface area contributed by atoms with Gasteiger partial charge in [-0.1, -0.05) is 12.1 Å². The van der Waals surface area contributed by atoms with Crippen LogP contribution in [0, 0.1) is 0 Å². The number of benzene rings is 2. The number of hydrogen-bond acceptors (Lipinski definition) is 10. The average molecular weight is 543 g/mol. The van der Waals surface area contributed by atoms with Crippen molar-refractivity contribution in [3.8, 4) is 0 Å². The summed E-state index contributed by atoms with van der Waals surface area (Å²) in [5.41, 5.74) is -2.09. The second-order valence-electron chi connectivity index (χ2n) is 5.34. The third-order valence-corrected chi connectivity index (χ3v) is 7.06. The Labute approximate surface area is 261 Å². The van der Waals surface area contributed by atoms with Gasteiger partial charge in [0.2, 0.25) is 9.84 Å². The second kappa shape index (κ2) is 11.2. The Balaban J connectivity index is 0.00000450. The third-order valence-electron chi connectivity index (χ3n) is 3.52. The van der Waals surface area contributed by atoms with Gasteiger partial charge in [0.15, 0.2) is 0 Å². The monoisotopic (exact) mass is 542 g/mol. The first kappa shape index (κ1) is 31.4. The van der Waals surface area contributed by atoms with Crippen LogP contribution in [0.25, 0.3) is 0 Å². The van der Waals surface area contributed by atoms with E-state index in [1.165, 1.54) is 0 Å². The Bertz CT molecular complexity index is 1260. The van der Waals surface area contributed by atoms with Crippen molar-refractivity contribution in [2.24, 2.45) is 0 Å². The molecule has 0 unspecified atom stereocenters. The number of carboxylic acids is 2. The van der Waals surface area contributed by atoms with Gasteiger partial charge in [0, 0.05) is 11.1 Å². The molecule has 0 radical (unpaired) electrons. The van der Waals surface area contributed by atoms with Crippen LogP contribution < -0.4 is 113 Å². The van der Waals surface area contributed by atoms with E-state index in [4.69, 9.17) is 9.11 Å². The summed E-state index contributed by atoms with van der Waals surface area (Å²) in [7, 11) is -15.2. The Kier molecular flexibility index (Phi) is 11.4. The zero-order chi connectivity index (χ0) is 22.4. The zero-order valence-electron chi connectivity index (χ0n) is 15.7. The van der Waals surface area contributed by atoms with E-state index in [-0.39, 0.29) is 115 Å². The Morgan fingerprint density at radius 3 is 1.16 bits per heavy atom. The molecule has 0 spiro atoms. The van der Waals surface area contributed by atoms with Crippen molar-refractivity contribution in [3.05, 3.63) is 47.5 Å². The molecule has 156 valence electrons. The van der Waals surface area contributed by atoms with E-state index in [0.29, 0.717) is 24.3 Å². The number of carboxylic acid groups (broad SMARTS) is 2. The summed E-state index contributed by atoms with van der Waals surface area (Å²) in [5.74, 6) is -4.07. The molecule has 0 aliphatic carbocycles. The molecule has 0 bridgehead atoms. The Morgan fingerprint density at radius 1 is 0.645 bits per heavy atom. The van der Waals surface area contributed by atoms with Crippen molar-refractivity contribution in [2.45, 2.75) is 19.6 Å². The van der Waals surface area contributed by atoms with Crippen LogP contribution in [0.5, 0.6) is 0 Å². The van der Waals surface area contributed by atoms with Crippen LogP contribution in [0.4, 0.5) is 0 Å². The molecule has 0 aliphatic rings. The molecule has 2 aromatic rings. The molecule has 0 fully saturated rings. The number of carbonyl (C=O) groups is 2. The minimum Gasteiger partial charge on any atom is -0.545 e. The fourth-order valence-electron chi connectivity index (χ4n) is 2.24. The van der Waals surface area contributed by atoms with Crippen molar-refractivity contribution < 1.29 is 157 Å². The first-order chi connectivity index (χ1) is 13.1.